The van der Waals surface area contributed by atoms with Gasteiger partial charge in [-0.05, 0) is 36.8 Å². The summed E-state index contributed by atoms with van der Waals surface area (Å²) in [6.45, 7) is 6.07. The van der Waals surface area contributed by atoms with E-state index in [4.69, 9.17) is 4.74 Å². The molecule has 0 radical (unpaired) electrons. The molecule has 0 bridgehead atoms. The molecule has 0 unspecified atom stereocenters. The van der Waals surface area contributed by atoms with Gasteiger partial charge in [0.15, 0.2) is 0 Å². The van der Waals surface area contributed by atoms with Gasteiger partial charge in [0.1, 0.15) is 5.75 Å². The van der Waals surface area contributed by atoms with Crippen molar-refractivity contribution in [2.45, 2.75) is 6.92 Å². The van der Waals surface area contributed by atoms with Crippen molar-refractivity contribution in [2.24, 2.45) is 0 Å². The Hall–Kier alpha value is -2.46. The topological polar surface area (TPSA) is 9.23 Å². The lowest BCUT2D eigenvalue weighted by molar-refractivity contribution is 0.415. The first-order chi connectivity index (χ1) is 9.19. The monoisotopic (exact) mass is 248 g/mol. The van der Waals surface area contributed by atoms with Gasteiger partial charge in [0.25, 0.3) is 0 Å². The van der Waals surface area contributed by atoms with Crippen LogP contribution in [0.3, 0.4) is 0 Å². The average Bonchev–Trinajstić information content (AvgIpc) is 2.46. The van der Waals surface area contributed by atoms with Gasteiger partial charge in [-0.1, -0.05) is 48.2 Å². The maximum absolute atomic E-state index is 5.11. The molecule has 0 spiro atoms. The van der Waals surface area contributed by atoms with Gasteiger partial charge in [-0.2, -0.15) is 0 Å². The summed E-state index contributed by atoms with van der Waals surface area (Å²) in [5.74, 6) is 7.03. The van der Waals surface area contributed by atoms with Crippen LogP contribution >= 0.6 is 0 Å². The third-order valence-corrected chi connectivity index (χ3v) is 2.85. The van der Waals surface area contributed by atoms with Crippen molar-refractivity contribution in [1.82, 2.24) is 0 Å². The summed E-state index contributed by atoms with van der Waals surface area (Å²) in [6, 6.07) is 15.9. The van der Waals surface area contributed by atoms with Crippen LogP contribution in [-0.2, 0) is 0 Å². The molecule has 2 rings (SSSR count). The lowest BCUT2D eigenvalue weighted by Crippen LogP contribution is -1.83. The van der Waals surface area contributed by atoms with Crippen molar-refractivity contribution >= 4 is 5.57 Å². The van der Waals surface area contributed by atoms with Crippen molar-refractivity contribution in [3.05, 3.63) is 71.8 Å². The van der Waals surface area contributed by atoms with Gasteiger partial charge < -0.3 is 4.74 Å². The highest BCUT2D eigenvalue weighted by atomic mass is 16.5. The van der Waals surface area contributed by atoms with Gasteiger partial charge in [-0.15, -0.1) is 0 Å². The molecule has 0 atom stereocenters. The van der Waals surface area contributed by atoms with Crippen molar-refractivity contribution in [2.75, 3.05) is 7.11 Å². The van der Waals surface area contributed by atoms with Gasteiger partial charge in [0.05, 0.1) is 7.11 Å². The summed E-state index contributed by atoms with van der Waals surface area (Å²) >= 11 is 0. The molecule has 0 fully saturated rings. The number of hydrogen-bond acceptors (Lipinski definition) is 1. The van der Waals surface area contributed by atoms with E-state index in [0.717, 1.165) is 22.4 Å². The fraction of sp³-hybridized carbons (Fsp3) is 0.111. The molecule has 19 heavy (non-hydrogen) atoms. The molecule has 0 heterocycles. The minimum absolute atomic E-state index is 0.829. The summed E-state index contributed by atoms with van der Waals surface area (Å²) < 4.78 is 5.11. The third kappa shape index (κ3) is 3.50. The second-order valence-corrected chi connectivity index (χ2v) is 4.32. The van der Waals surface area contributed by atoms with E-state index in [-0.39, 0.29) is 0 Å². The van der Waals surface area contributed by atoms with E-state index >= 15 is 0 Å². The van der Waals surface area contributed by atoms with E-state index in [1.807, 2.05) is 36.4 Å². The van der Waals surface area contributed by atoms with E-state index in [1.54, 1.807) is 7.11 Å². The second-order valence-electron chi connectivity index (χ2n) is 4.32. The predicted octanol–water partition coefficient (Wildman–Crippen LogP) is 4.07. The lowest BCUT2D eigenvalue weighted by atomic mass is 10.1. The van der Waals surface area contributed by atoms with Crippen LogP contribution in [0.2, 0.25) is 0 Å². The van der Waals surface area contributed by atoms with Crippen molar-refractivity contribution in [3.8, 4) is 17.6 Å². The Labute approximate surface area is 114 Å². The molecule has 0 aliphatic heterocycles. The van der Waals surface area contributed by atoms with Gasteiger partial charge in [-0.3, -0.25) is 0 Å². The zero-order valence-corrected chi connectivity index (χ0v) is 11.2. The smallest absolute Gasteiger partial charge is 0.118 e. The van der Waals surface area contributed by atoms with Gasteiger partial charge in [0.2, 0.25) is 0 Å². The maximum Gasteiger partial charge on any atom is 0.118 e. The van der Waals surface area contributed by atoms with Crippen LogP contribution in [0.15, 0.2) is 55.1 Å². The number of hydrogen-bond donors (Lipinski definition) is 0. The molecule has 94 valence electrons. The summed E-state index contributed by atoms with van der Waals surface area (Å²) in [5.41, 5.74) is 4.08. The van der Waals surface area contributed by atoms with E-state index in [9.17, 15) is 0 Å². The Morgan fingerprint density at radius 3 is 2.21 bits per heavy atom. The number of aryl methyl sites for hydroxylation is 1. The molecule has 2 aromatic rings. The molecule has 1 heteroatoms. The Balaban J connectivity index is 2.14. The summed E-state index contributed by atoms with van der Waals surface area (Å²) in [7, 11) is 1.65. The fourth-order valence-corrected chi connectivity index (χ4v) is 1.65. The Morgan fingerprint density at radius 2 is 1.63 bits per heavy atom. The van der Waals surface area contributed by atoms with Crippen LogP contribution in [0.25, 0.3) is 5.57 Å². The molecule has 0 saturated carbocycles. The summed E-state index contributed by atoms with van der Waals surface area (Å²) in [5, 5.41) is 0. The van der Waals surface area contributed by atoms with Gasteiger partial charge in [0, 0.05) is 11.1 Å². The quantitative estimate of drug-likeness (QED) is 0.728. The Kier molecular flexibility index (Phi) is 4.05. The van der Waals surface area contributed by atoms with Gasteiger partial charge >= 0.3 is 0 Å². The number of rotatable bonds is 2. The molecule has 0 aliphatic carbocycles. The van der Waals surface area contributed by atoms with Crippen LogP contribution in [0.4, 0.5) is 0 Å². The molecule has 2 aromatic carbocycles. The van der Waals surface area contributed by atoms with Crippen molar-refractivity contribution in [1.29, 1.82) is 0 Å². The predicted molar refractivity (Wildman–Crippen MR) is 80.1 cm³/mol. The first-order valence-electron chi connectivity index (χ1n) is 6.11. The zero-order valence-electron chi connectivity index (χ0n) is 11.2. The van der Waals surface area contributed by atoms with Crippen LogP contribution < -0.4 is 4.74 Å². The number of allylic oxidation sites excluding steroid dienone is 1. The zero-order chi connectivity index (χ0) is 13.7. The average molecular weight is 248 g/mol. The lowest BCUT2D eigenvalue weighted by Gasteiger charge is -1.99. The van der Waals surface area contributed by atoms with Crippen LogP contribution in [0.1, 0.15) is 16.7 Å². The molecule has 0 N–H and O–H groups in total. The summed E-state index contributed by atoms with van der Waals surface area (Å²) in [4.78, 5) is 0. The molecule has 0 aromatic heterocycles. The standard InChI is InChI=1S/C18H16O/c1-14-4-10-17(11-5-14)15(2)6-7-16-8-12-18(19-3)13-9-16/h4-5,8-13H,2H2,1,3H3. The van der Waals surface area contributed by atoms with Crippen LogP contribution in [0, 0.1) is 18.8 Å². The van der Waals surface area contributed by atoms with E-state index < -0.39 is 0 Å². The minimum Gasteiger partial charge on any atom is -0.497 e. The van der Waals surface area contributed by atoms with E-state index in [1.165, 1.54) is 5.56 Å². The molecule has 0 amide bonds. The fourth-order valence-electron chi connectivity index (χ4n) is 1.65. The summed E-state index contributed by atoms with van der Waals surface area (Å²) in [6.07, 6.45) is 0. The molecular weight excluding hydrogens is 232 g/mol. The molecule has 0 aliphatic rings. The number of benzene rings is 2. The minimum atomic E-state index is 0.829. The Morgan fingerprint density at radius 1 is 1.00 bits per heavy atom. The maximum atomic E-state index is 5.11. The third-order valence-electron chi connectivity index (χ3n) is 2.85. The van der Waals surface area contributed by atoms with Crippen molar-refractivity contribution in [3.63, 3.8) is 0 Å². The van der Waals surface area contributed by atoms with E-state index in [2.05, 4.69) is 37.5 Å². The normalized spacial score (nSPS) is 9.37. The van der Waals surface area contributed by atoms with Crippen molar-refractivity contribution < 1.29 is 4.74 Å². The second kappa shape index (κ2) is 5.93. The highest BCUT2D eigenvalue weighted by molar-refractivity contribution is 5.77. The molecule has 0 saturated heterocycles. The number of ether oxygens (including phenoxy) is 1. The van der Waals surface area contributed by atoms with Crippen LogP contribution in [0.5, 0.6) is 5.75 Å². The Bertz CT molecular complexity index is 622. The highest BCUT2D eigenvalue weighted by Gasteiger charge is 1.95. The largest absolute Gasteiger partial charge is 0.497 e. The highest BCUT2D eigenvalue weighted by Crippen LogP contribution is 2.13. The van der Waals surface area contributed by atoms with Gasteiger partial charge in [-0.25, -0.2) is 0 Å². The molecular formula is C18H16O. The first kappa shape index (κ1) is 13.0. The molecule has 1 nitrogen and oxygen atoms in total. The first-order valence-corrected chi connectivity index (χ1v) is 6.11. The van der Waals surface area contributed by atoms with Crippen LogP contribution in [-0.4, -0.2) is 7.11 Å². The SMILES string of the molecule is C=C(C#Cc1ccc(OC)cc1)c1ccc(C)cc1. The number of methoxy groups -OCH3 is 1. The van der Waals surface area contributed by atoms with E-state index in [0.29, 0.717) is 0 Å².